The first-order valence-corrected chi connectivity index (χ1v) is 6.69. The molecule has 17 heavy (non-hydrogen) atoms. The van der Waals surface area contributed by atoms with E-state index in [0.717, 1.165) is 13.0 Å². The number of piperidine rings is 1. The van der Waals surface area contributed by atoms with Gasteiger partial charge in [0, 0.05) is 23.7 Å². The molecule has 2 heteroatoms. The third kappa shape index (κ3) is 1.98. The summed E-state index contributed by atoms with van der Waals surface area (Å²) in [4.78, 5) is 3.64. The number of rotatable bonds is 2. The van der Waals surface area contributed by atoms with E-state index < -0.39 is 0 Å². The van der Waals surface area contributed by atoms with Crippen molar-refractivity contribution >= 4 is 10.9 Å². The lowest BCUT2D eigenvalue weighted by atomic mass is 9.96. The molecule has 2 heterocycles. The Hall–Kier alpha value is -1.28. The maximum Gasteiger partial charge on any atom is 0.0488 e. The van der Waals surface area contributed by atoms with Crippen LogP contribution >= 0.6 is 0 Å². The molecular weight excluding hydrogens is 208 g/mol. The number of fused-ring (bicyclic) bond motifs is 1. The van der Waals surface area contributed by atoms with Crippen LogP contribution in [0.25, 0.3) is 10.9 Å². The largest absolute Gasteiger partial charge is 0.358 e. The molecule has 2 aromatic rings. The van der Waals surface area contributed by atoms with Gasteiger partial charge in [-0.2, -0.15) is 0 Å². The van der Waals surface area contributed by atoms with Crippen molar-refractivity contribution in [3.05, 3.63) is 35.5 Å². The third-order valence-corrected chi connectivity index (χ3v) is 3.88. The average molecular weight is 228 g/mol. The van der Waals surface area contributed by atoms with Gasteiger partial charge in [0.25, 0.3) is 0 Å². The lowest BCUT2D eigenvalue weighted by Crippen LogP contribution is -2.28. The summed E-state index contributed by atoms with van der Waals surface area (Å²) in [5.41, 5.74) is 4.18. The summed E-state index contributed by atoms with van der Waals surface area (Å²) < 4.78 is 0. The highest BCUT2D eigenvalue weighted by Crippen LogP contribution is 2.27. The maximum absolute atomic E-state index is 3.64. The van der Waals surface area contributed by atoms with E-state index in [-0.39, 0.29) is 0 Å². The Balaban J connectivity index is 2.00. The van der Waals surface area contributed by atoms with Crippen LogP contribution < -0.4 is 5.32 Å². The van der Waals surface area contributed by atoms with E-state index in [4.69, 9.17) is 0 Å². The van der Waals surface area contributed by atoms with Crippen molar-refractivity contribution in [1.82, 2.24) is 10.3 Å². The molecule has 0 aliphatic carbocycles. The van der Waals surface area contributed by atoms with Crippen molar-refractivity contribution in [2.75, 3.05) is 13.1 Å². The molecule has 0 radical (unpaired) electrons. The Kier molecular flexibility index (Phi) is 2.89. The van der Waals surface area contributed by atoms with Gasteiger partial charge in [-0.25, -0.2) is 0 Å². The number of para-hydroxylation sites is 1. The number of aromatic nitrogens is 1. The molecule has 0 bridgehead atoms. The Labute approximate surface area is 102 Å². The normalized spacial score (nSPS) is 20.9. The van der Waals surface area contributed by atoms with Crippen LogP contribution in [0.3, 0.4) is 0 Å². The predicted octanol–water partition coefficient (Wildman–Crippen LogP) is 3.20. The van der Waals surface area contributed by atoms with Gasteiger partial charge in [0.05, 0.1) is 0 Å². The van der Waals surface area contributed by atoms with Gasteiger partial charge in [-0.1, -0.05) is 25.1 Å². The summed E-state index contributed by atoms with van der Waals surface area (Å²) in [6.45, 7) is 4.52. The van der Waals surface area contributed by atoms with E-state index in [1.165, 1.54) is 41.5 Å². The number of nitrogens with one attached hydrogen (secondary N) is 2. The summed E-state index contributed by atoms with van der Waals surface area (Å²) in [6, 6.07) is 8.94. The quantitative estimate of drug-likeness (QED) is 0.811. The Bertz CT molecular complexity index is 507. The molecule has 3 rings (SSSR count). The second-order valence-corrected chi connectivity index (χ2v) is 5.00. The fraction of sp³-hybridized carbons (Fsp3) is 0.467. The Morgan fingerprint density at radius 1 is 1.35 bits per heavy atom. The average Bonchev–Trinajstić information content (AvgIpc) is 2.83. The van der Waals surface area contributed by atoms with Crippen LogP contribution in [0.4, 0.5) is 0 Å². The van der Waals surface area contributed by atoms with Gasteiger partial charge >= 0.3 is 0 Å². The molecule has 1 saturated heterocycles. The van der Waals surface area contributed by atoms with Crippen molar-refractivity contribution in [1.29, 1.82) is 0 Å². The standard InChI is InChI=1S/C15H20N2/c1-2-11-5-3-6-12-9-14(17-15(11)12)13-7-4-8-16-10-13/h3,5-6,9,13,16-17H,2,4,7-8,10H2,1H3. The zero-order valence-electron chi connectivity index (χ0n) is 10.4. The highest BCUT2D eigenvalue weighted by molar-refractivity contribution is 5.83. The lowest BCUT2D eigenvalue weighted by molar-refractivity contribution is 0.456. The molecular formula is C15H20N2. The van der Waals surface area contributed by atoms with E-state index in [0.29, 0.717) is 5.92 Å². The monoisotopic (exact) mass is 228 g/mol. The molecule has 2 N–H and O–H groups in total. The van der Waals surface area contributed by atoms with Gasteiger partial charge in [0.15, 0.2) is 0 Å². The number of H-pyrrole nitrogens is 1. The molecule has 0 amide bonds. The molecule has 1 aliphatic heterocycles. The highest BCUT2D eigenvalue weighted by atomic mass is 14.9. The number of hydrogen-bond acceptors (Lipinski definition) is 1. The first-order valence-electron chi connectivity index (χ1n) is 6.69. The van der Waals surface area contributed by atoms with Gasteiger partial charge < -0.3 is 10.3 Å². The van der Waals surface area contributed by atoms with Crippen molar-refractivity contribution in [3.63, 3.8) is 0 Å². The molecule has 1 atom stereocenters. The first kappa shape index (κ1) is 10.8. The van der Waals surface area contributed by atoms with Crippen LogP contribution in [0.1, 0.15) is 36.9 Å². The molecule has 90 valence electrons. The van der Waals surface area contributed by atoms with Gasteiger partial charge in [-0.3, -0.25) is 0 Å². The van der Waals surface area contributed by atoms with Crippen LogP contribution in [0.15, 0.2) is 24.3 Å². The molecule has 0 spiro atoms. The molecule has 1 unspecified atom stereocenters. The van der Waals surface area contributed by atoms with E-state index in [1.54, 1.807) is 0 Å². The minimum atomic E-state index is 0.667. The topological polar surface area (TPSA) is 27.8 Å². The highest BCUT2D eigenvalue weighted by Gasteiger charge is 2.17. The SMILES string of the molecule is CCc1cccc2cc(C3CCCNC3)[nH]c12. The molecule has 2 nitrogen and oxygen atoms in total. The molecule has 1 fully saturated rings. The minimum absolute atomic E-state index is 0.667. The lowest BCUT2D eigenvalue weighted by Gasteiger charge is -2.21. The Morgan fingerprint density at radius 3 is 3.06 bits per heavy atom. The predicted molar refractivity (Wildman–Crippen MR) is 72.5 cm³/mol. The van der Waals surface area contributed by atoms with E-state index in [2.05, 4.69) is 41.5 Å². The van der Waals surface area contributed by atoms with Crippen LogP contribution in [-0.2, 0) is 6.42 Å². The van der Waals surface area contributed by atoms with Crippen LogP contribution in [0, 0.1) is 0 Å². The van der Waals surface area contributed by atoms with Gasteiger partial charge in [0.1, 0.15) is 0 Å². The minimum Gasteiger partial charge on any atom is -0.358 e. The number of aromatic amines is 1. The van der Waals surface area contributed by atoms with Crippen LogP contribution in [-0.4, -0.2) is 18.1 Å². The van der Waals surface area contributed by atoms with Gasteiger partial charge in [0.2, 0.25) is 0 Å². The number of hydrogen-bond donors (Lipinski definition) is 2. The smallest absolute Gasteiger partial charge is 0.0488 e. The van der Waals surface area contributed by atoms with Crippen LogP contribution in [0.5, 0.6) is 0 Å². The number of aryl methyl sites for hydroxylation is 1. The van der Waals surface area contributed by atoms with Crippen molar-refractivity contribution in [2.24, 2.45) is 0 Å². The zero-order valence-corrected chi connectivity index (χ0v) is 10.4. The summed E-state index contributed by atoms with van der Waals surface area (Å²) in [6.07, 6.45) is 3.70. The van der Waals surface area contributed by atoms with E-state index in [9.17, 15) is 0 Å². The molecule has 0 saturated carbocycles. The van der Waals surface area contributed by atoms with Crippen LogP contribution in [0.2, 0.25) is 0 Å². The zero-order chi connectivity index (χ0) is 11.7. The second kappa shape index (κ2) is 4.53. The van der Waals surface area contributed by atoms with Gasteiger partial charge in [-0.15, -0.1) is 0 Å². The van der Waals surface area contributed by atoms with Gasteiger partial charge in [-0.05, 0) is 42.8 Å². The van der Waals surface area contributed by atoms with Crippen molar-refractivity contribution < 1.29 is 0 Å². The van der Waals surface area contributed by atoms with E-state index >= 15 is 0 Å². The molecule has 1 aromatic heterocycles. The fourth-order valence-corrected chi connectivity index (χ4v) is 2.87. The second-order valence-electron chi connectivity index (χ2n) is 5.00. The summed E-state index contributed by atoms with van der Waals surface area (Å²) in [7, 11) is 0. The first-order chi connectivity index (χ1) is 8.38. The van der Waals surface area contributed by atoms with E-state index in [1.807, 2.05) is 0 Å². The van der Waals surface area contributed by atoms with Crippen molar-refractivity contribution in [3.8, 4) is 0 Å². The fourth-order valence-electron chi connectivity index (χ4n) is 2.87. The Morgan fingerprint density at radius 2 is 2.29 bits per heavy atom. The molecule has 1 aliphatic rings. The summed E-state index contributed by atoms with van der Waals surface area (Å²) >= 11 is 0. The van der Waals surface area contributed by atoms with Crippen molar-refractivity contribution in [2.45, 2.75) is 32.1 Å². The third-order valence-electron chi connectivity index (χ3n) is 3.88. The summed E-state index contributed by atoms with van der Waals surface area (Å²) in [5, 5.41) is 4.85. The maximum atomic E-state index is 3.64. The number of benzene rings is 1. The summed E-state index contributed by atoms with van der Waals surface area (Å²) in [5.74, 6) is 0.667. The molecule has 1 aromatic carbocycles.